The van der Waals surface area contributed by atoms with Gasteiger partial charge in [-0.05, 0) is 214 Å². The molecule has 0 aliphatic heterocycles. The van der Waals surface area contributed by atoms with Gasteiger partial charge < -0.3 is 15.3 Å². The van der Waals surface area contributed by atoms with E-state index in [9.17, 15) is 54.7 Å². The van der Waals surface area contributed by atoms with E-state index < -0.39 is 83.8 Å². The highest BCUT2D eigenvalue weighted by molar-refractivity contribution is 7.98. The minimum Gasteiger partial charge on any atom is -0.396 e. The van der Waals surface area contributed by atoms with Crippen LogP contribution in [0.3, 0.4) is 0 Å². The number of aliphatic hydroxyl groups is 3. The van der Waals surface area contributed by atoms with Gasteiger partial charge in [-0.15, -0.1) is 25.5 Å². The fourth-order valence-corrected chi connectivity index (χ4v) is 25.9. The summed E-state index contributed by atoms with van der Waals surface area (Å²) in [4.78, 5) is 41.1. The lowest BCUT2D eigenvalue weighted by atomic mass is 9.66. The van der Waals surface area contributed by atoms with Gasteiger partial charge in [-0.25, -0.2) is 59.7 Å². The highest BCUT2D eigenvalue weighted by Crippen LogP contribution is 2.74. The second-order valence-electron chi connectivity index (χ2n) is 42.7. The molecule has 12 aromatic heterocycles. The number of rotatable bonds is 23. The smallest absolute Gasteiger partial charge is 0.135 e. The quantitative estimate of drug-likeness (QED) is 0.0395. The molecule has 8 aliphatic rings. The van der Waals surface area contributed by atoms with Crippen LogP contribution in [-0.2, 0) is 56.7 Å². The number of nitrogens with zero attached hydrogens (tertiary/aromatic N) is 27. The van der Waals surface area contributed by atoms with Crippen molar-refractivity contribution < 1.29 is 54.7 Å². The first-order chi connectivity index (χ1) is 70.8. The van der Waals surface area contributed by atoms with E-state index in [-0.39, 0.29) is 121 Å². The fraction of sp³-hybridized carbons (Fsp3) is 0.389. The van der Waals surface area contributed by atoms with Crippen molar-refractivity contribution in [2.75, 3.05) is 19.5 Å². The lowest BCUT2D eigenvalue weighted by Gasteiger charge is -2.37. The normalized spacial score (nSPS) is 22.5. The molecule has 16 aromatic rings. The molecule has 0 saturated heterocycles. The van der Waals surface area contributed by atoms with Crippen molar-refractivity contribution in [3.8, 4) is 90.5 Å². The summed E-state index contributed by atoms with van der Waals surface area (Å²) in [5, 5.41) is 94.5. The molecule has 31 nitrogen and oxygen atoms in total. The van der Waals surface area contributed by atoms with Crippen LogP contribution >= 0.6 is 0 Å². The number of fused-ring (bicyclic) bond motifs is 20. The van der Waals surface area contributed by atoms with Crippen LogP contribution in [0.15, 0.2) is 178 Å². The van der Waals surface area contributed by atoms with E-state index in [4.69, 9.17) is 19.9 Å². The summed E-state index contributed by atoms with van der Waals surface area (Å²) in [5.41, 5.74) is 11.9. The summed E-state index contributed by atoms with van der Waals surface area (Å²) in [5.74, 6) is -0.781. The third kappa shape index (κ3) is 16.1. The Morgan fingerprint density at radius 1 is 0.378 bits per heavy atom. The topological polar surface area (TPSA) is 394 Å². The van der Waals surface area contributed by atoms with Gasteiger partial charge in [0, 0.05) is 67.9 Å². The highest BCUT2D eigenvalue weighted by atomic mass is 32.2. The lowest BCUT2D eigenvalue weighted by Crippen LogP contribution is -2.38. The van der Waals surface area contributed by atoms with Crippen molar-refractivity contribution in [3.63, 3.8) is 0 Å². The van der Waals surface area contributed by atoms with Gasteiger partial charge in [0.25, 0.3) is 0 Å². The SMILES string of the molecule is C=S(C)(=O)Cn1cc(-c2cncc([C@@]34CC[C@@H](c5cc(-c6c(F)cccc6F)nnc53)C4(C)C)n2)cn1.CC[C@H](O)Cn1cc(-c2cncc([C@@]34CC[C@@H](c5cc(-c6c(F)cccc6F)nnc53)C4(C)C)n2)nn1.C[C@@H](CO)Cn1ncc(-c2cncc([C@@]34CC[C@@H](c5cc(-c6c(F)cccc6F)nnc53)C4(C)C)n2)n1.C[C@H](CO)Cn1ncc(-c2cncc([C@@]34CC[C@@H](c5cc(-c6c(F)cccc6F)nnc53)C4(C)C)n2)n1. The number of aromatic nitrogens is 27. The first kappa shape index (κ1) is 99.5. The standard InChI is InChI=1S/3C27H27F2N7O.C27H26F2N6OS/c2*1-15(14-37)13-36-31-11-22(35-36)21-10-30-12-23(32-21)27-8-7-17(26(27,2)3)16-9-20(33-34-25(16)27)24-18(28)5-4-6-19(24)29;1-4-15(37)13-36-14-22(33-35-36)21-11-30-12-23(31-21)27-9-8-17(26(27,2)3)16-10-20(32-34-25(16)27)24-18(28)6-5-7-19(24)29;1-26(2)18-8-9-27(26,25-17(18)10-21(33-34-25)24-19(28)6-5-7-20(24)29)23-13-30-12-22(32-23)16-11-31-35(14-16)15-37(3,4)36/h2*4-6,9-12,15,17,37H,7-8,13-14H2,1-3H3;5-7,10-12,14-15,17,37H,4,8-9,13H2,1-3H3;5-7,10-14,18H,3,8-9,15H2,1-2,4H3/t15-,17+,27+;2*15-,17-,27-;18-,27-,37?/m1000/s1. The predicted octanol–water partition coefficient (Wildman–Crippen LogP) is 17.6. The van der Waals surface area contributed by atoms with Gasteiger partial charge in [0.2, 0.25) is 0 Å². The van der Waals surface area contributed by atoms with Crippen molar-refractivity contribution in [3.05, 3.63) is 292 Å². The Morgan fingerprint density at radius 2 is 0.682 bits per heavy atom. The fourth-order valence-electron chi connectivity index (χ4n) is 25.2. The van der Waals surface area contributed by atoms with E-state index >= 15 is 0 Å². The number of hydrogen-bond acceptors (Lipinski definition) is 27. The Bertz CT molecular complexity index is 7400. The zero-order valence-corrected chi connectivity index (χ0v) is 84.2. The molecular weight excluding hydrogens is 1920 g/mol. The summed E-state index contributed by atoms with van der Waals surface area (Å²) >= 11 is 0. The van der Waals surface area contributed by atoms with Crippen LogP contribution in [0.5, 0.6) is 0 Å². The van der Waals surface area contributed by atoms with E-state index in [0.29, 0.717) is 65.9 Å². The molecule has 148 heavy (non-hydrogen) atoms. The molecule has 760 valence electrons. The van der Waals surface area contributed by atoms with Crippen LogP contribution in [-0.4, -0.2) is 186 Å². The predicted molar refractivity (Wildman–Crippen MR) is 532 cm³/mol. The van der Waals surface area contributed by atoms with Gasteiger partial charge in [0.1, 0.15) is 86.6 Å². The third-order valence-corrected chi connectivity index (χ3v) is 33.7. The van der Waals surface area contributed by atoms with Crippen LogP contribution < -0.4 is 0 Å². The molecule has 8 bridgehead atoms. The Kier molecular flexibility index (Phi) is 25.1. The Balaban J connectivity index is 0.000000116. The summed E-state index contributed by atoms with van der Waals surface area (Å²) in [7, 11) is -2.25. The van der Waals surface area contributed by atoms with Crippen molar-refractivity contribution in [1.82, 2.24) is 135 Å². The van der Waals surface area contributed by atoms with Crippen molar-refractivity contribution in [1.29, 1.82) is 0 Å². The van der Waals surface area contributed by atoms with Gasteiger partial charge in [0.15, 0.2) is 0 Å². The minimum absolute atomic E-state index is 0.0315. The van der Waals surface area contributed by atoms with Gasteiger partial charge in [-0.3, -0.25) is 28.8 Å². The maximum Gasteiger partial charge on any atom is 0.135 e. The zero-order chi connectivity index (χ0) is 104. The number of halogens is 8. The molecule has 8 aliphatic carbocycles. The van der Waals surface area contributed by atoms with E-state index in [1.807, 2.05) is 20.8 Å². The largest absolute Gasteiger partial charge is 0.396 e. The molecule has 24 rings (SSSR count). The van der Waals surface area contributed by atoms with Crippen molar-refractivity contribution in [2.45, 2.75) is 211 Å². The van der Waals surface area contributed by atoms with Crippen LogP contribution in [0.4, 0.5) is 35.1 Å². The van der Waals surface area contributed by atoms with Crippen molar-refractivity contribution in [2.24, 2.45) is 33.5 Å². The van der Waals surface area contributed by atoms with Crippen LogP contribution in [0.25, 0.3) is 90.5 Å². The van der Waals surface area contributed by atoms with E-state index in [0.717, 1.165) is 125 Å². The molecule has 3 N–H and O–H groups in total. The van der Waals surface area contributed by atoms with Crippen LogP contribution in [0, 0.1) is 80.0 Å². The molecular formula is C108H107F8N27O4S. The zero-order valence-electron chi connectivity index (χ0n) is 83.4. The van der Waals surface area contributed by atoms with E-state index in [1.54, 1.807) is 130 Å². The molecule has 4 saturated carbocycles. The minimum atomic E-state index is -2.25. The molecule has 0 spiro atoms. The van der Waals surface area contributed by atoms with Gasteiger partial charge in [0.05, 0.1) is 193 Å². The summed E-state index contributed by atoms with van der Waals surface area (Å²) < 4.78 is 131. The molecule has 12 atom stereocenters. The number of benzene rings is 4. The molecule has 4 fully saturated rings. The van der Waals surface area contributed by atoms with E-state index in [2.05, 4.69) is 158 Å². The second-order valence-corrected chi connectivity index (χ2v) is 45.3. The molecule has 40 heteroatoms. The third-order valence-electron chi connectivity index (χ3n) is 32.9. The first-order valence-corrected chi connectivity index (χ1v) is 51.6. The van der Waals surface area contributed by atoms with Crippen LogP contribution in [0.2, 0.25) is 0 Å². The summed E-state index contributed by atoms with van der Waals surface area (Å²) in [6.07, 6.45) is 30.8. The molecule has 0 radical (unpaired) electrons. The Morgan fingerprint density at radius 3 is 0.986 bits per heavy atom. The molecule has 4 aromatic carbocycles. The Labute approximate surface area is 847 Å². The van der Waals surface area contributed by atoms with Crippen molar-refractivity contribution >= 4 is 15.4 Å². The molecule has 12 heterocycles. The highest BCUT2D eigenvalue weighted by Gasteiger charge is 2.69. The lowest BCUT2D eigenvalue weighted by molar-refractivity contribution is 0.144. The van der Waals surface area contributed by atoms with Gasteiger partial charge >= 0.3 is 0 Å². The number of aliphatic hydroxyl groups excluding tert-OH is 3. The summed E-state index contributed by atoms with van der Waals surface area (Å²) in [6.45, 7) is 24.7. The molecule has 0 amide bonds. The van der Waals surface area contributed by atoms with Gasteiger partial charge in [-0.1, -0.05) is 106 Å². The maximum absolute atomic E-state index is 14.5. The first-order valence-electron chi connectivity index (χ1n) is 49.3. The average Bonchev–Trinajstić information content (AvgIpc) is 1.53. The van der Waals surface area contributed by atoms with Crippen LogP contribution in [0.1, 0.15) is 225 Å². The summed E-state index contributed by atoms with van der Waals surface area (Å²) in [6, 6.07) is 22.3. The average molecular weight is 2030 g/mol. The van der Waals surface area contributed by atoms with Gasteiger partial charge in [-0.2, -0.15) is 55.5 Å². The maximum atomic E-state index is 14.5. The second kappa shape index (κ2) is 37.4. The molecule has 1 unspecified atom stereocenters. The van der Waals surface area contributed by atoms with E-state index in [1.165, 1.54) is 72.8 Å². The Hall–Kier alpha value is -14.5. The monoisotopic (exact) mass is 2030 g/mol. The number of hydrogen-bond donors (Lipinski definition) is 3.